The Morgan fingerprint density at radius 2 is 1.82 bits per heavy atom. The molecular formula is C17H13ClO4. The molecule has 1 aliphatic rings. The number of carbonyl (C=O) groups is 1. The third kappa shape index (κ3) is 2.53. The number of rotatable bonds is 3. The Bertz CT molecular complexity index is 763. The van der Waals surface area contributed by atoms with E-state index in [0.29, 0.717) is 33.4 Å². The molecule has 22 heavy (non-hydrogen) atoms. The van der Waals surface area contributed by atoms with Gasteiger partial charge in [0.2, 0.25) is 0 Å². The Balaban J connectivity index is 2.13. The number of esters is 1. The summed E-state index contributed by atoms with van der Waals surface area (Å²) >= 11 is 5.87. The minimum Gasteiger partial charge on any atom is -0.496 e. The minimum absolute atomic E-state index is 0.420. The van der Waals surface area contributed by atoms with Gasteiger partial charge in [-0.1, -0.05) is 23.7 Å². The summed E-state index contributed by atoms with van der Waals surface area (Å²) in [4.78, 5) is 12.2. The predicted octanol–water partition coefficient (Wildman–Crippen LogP) is 3.82. The van der Waals surface area contributed by atoms with Crippen LogP contribution in [0.4, 0.5) is 0 Å². The quantitative estimate of drug-likeness (QED) is 0.490. The smallest absolute Gasteiger partial charge is 0.344 e. The van der Waals surface area contributed by atoms with Gasteiger partial charge in [-0.3, -0.25) is 0 Å². The molecular weight excluding hydrogens is 304 g/mol. The average Bonchev–Trinajstić information content (AvgIpc) is 2.84. The molecule has 0 spiro atoms. The molecule has 4 nitrogen and oxygen atoms in total. The third-order valence-corrected chi connectivity index (χ3v) is 3.62. The highest BCUT2D eigenvalue weighted by Gasteiger charge is 2.31. The van der Waals surface area contributed by atoms with Crippen LogP contribution >= 0.6 is 11.6 Å². The lowest BCUT2D eigenvalue weighted by Gasteiger charge is -2.08. The summed E-state index contributed by atoms with van der Waals surface area (Å²) in [6, 6.07) is 10.6. The second-order valence-corrected chi connectivity index (χ2v) is 5.14. The van der Waals surface area contributed by atoms with Crippen LogP contribution in [0.3, 0.4) is 0 Å². The van der Waals surface area contributed by atoms with Crippen LogP contribution < -0.4 is 14.2 Å². The summed E-state index contributed by atoms with van der Waals surface area (Å²) in [5.74, 6) is 1.11. The molecule has 1 heterocycles. The van der Waals surface area contributed by atoms with Crippen LogP contribution in [-0.2, 0) is 4.79 Å². The number of hydrogen-bond donors (Lipinski definition) is 0. The van der Waals surface area contributed by atoms with E-state index in [1.807, 2.05) is 12.1 Å². The molecule has 0 unspecified atom stereocenters. The maximum Gasteiger partial charge on any atom is 0.344 e. The molecule has 0 radical (unpaired) electrons. The van der Waals surface area contributed by atoms with Gasteiger partial charge in [0.15, 0.2) is 0 Å². The molecule has 0 aliphatic carbocycles. The molecule has 0 amide bonds. The summed E-state index contributed by atoms with van der Waals surface area (Å²) in [5, 5.41) is 0.638. The van der Waals surface area contributed by atoms with Gasteiger partial charge in [0.05, 0.1) is 25.4 Å². The van der Waals surface area contributed by atoms with E-state index in [1.54, 1.807) is 37.5 Å². The fourth-order valence-corrected chi connectivity index (χ4v) is 2.43. The maximum absolute atomic E-state index is 12.2. The fourth-order valence-electron chi connectivity index (χ4n) is 2.30. The van der Waals surface area contributed by atoms with Crippen LogP contribution in [0.1, 0.15) is 11.1 Å². The molecule has 3 rings (SSSR count). The molecule has 0 bridgehead atoms. The Hall–Kier alpha value is -2.46. The number of methoxy groups -OCH3 is 2. The van der Waals surface area contributed by atoms with Crippen LogP contribution in [0.15, 0.2) is 36.4 Å². The van der Waals surface area contributed by atoms with E-state index in [9.17, 15) is 4.79 Å². The number of benzene rings is 2. The van der Waals surface area contributed by atoms with E-state index < -0.39 is 5.97 Å². The number of carbonyl (C=O) groups excluding carboxylic acids is 1. The largest absolute Gasteiger partial charge is 0.496 e. The van der Waals surface area contributed by atoms with E-state index in [4.69, 9.17) is 25.8 Å². The molecule has 112 valence electrons. The van der Waals surface area contributed by atoms with E-state index in [-0.39, 0.29) is 0 Å². The third-order valence-electron chi connectivity index (χ3n) is 3.37. The zero-order valence-electron chi connectivity index (χ0n) is 12.1. The van der Waals surface area contributed by atoms with Crippen molar-refractivity contribution in [1.82, 2.24) is 0 Å². The van der Waals surface area contributed by atoms with Gasteiger partial charge in [-0.15, -0.1) is 0 Å². The van der Waals surface area contributed by atoms with E-state index >= 15 is 0 Å². The standard InChI is InChI=1S/C17H13ClO4/c1-20-12-8-14(21-2)16-13(17(19)22-15(16)9-12)7-10-3-5-11(18)6-4-10/h3-9H,1-2H3/b13-7+. The van der Waals surface area contributed by atoms with E-state index in [2.05, 4.69) is 0 Å². The lowest BCUT2D eigenvalue weighted by atomic mass is 10.0. The lowest BCUT2D eigenvalue weighted by Crippen LogP contribution is -2.00. The number of hydrogen-bond acceptors (Lipinski definition) is 4. The predicted molar refractivity (Wildman–Crippen MR) is 84.5 cm³/mol. The van der Waals surface area contributed by atoms with Crippen LogP contribution in [0.5, 0.6) is 17.2 Å². The number of fused-ring (bicyclic) bond motifs is 1. The van der Waals surface area contributed by atoms with Crippen molar-refractivity contribution in [3.63, 3.8) is 0 Å². The first kappa shape index (κ1) is 14.5. The Morgan fingerprint density at radius 3 is 2.45 bits per heavy atom. The van der Waals surface area contributed by atoms with Gasteiger partial charge in [0, 0.05) is 17.2 Å². The molecule has 2 aromatic carbocycles. The minimum atomic E-state index is -0.420. The summed E-state index contributed by atoms with van der Waals surface area (Å²) in [6.07, 6.45) is 1.75. The van der Waals surface area contributed by atoms with Crippen molar-refractivity contribution in [3.05, 3.63) is 52.5 Å². The molecule has 5 heteroatoms. The van der Waals surface area contributed by atoms with Gasteiger partial charge in [-0.05, 0) is 23.8 Å². The van der Waals surface area contributed by atoms with E-state index in [0.717, 1.165) is 5.56 Å². The Morgan fingerprint density at radius 1 is 1.09 bits per heavy atom. The Kier molecular flexibility index (Phi) is 3.77. The van der Waals surface area contributed by atoms with Crippen LogP contribution in [0.25, 0.3) is 11.6 Å². The summed E-state index contributed by atoms with van der Waals surface area (Å²) in [6.45, 7) is 0. The van der Waals surface area contributed by atoms with Crippen molar-refractivity contribution in [3.8, 4) is 17.2 Å². The van der Waals surface area contributed by atoms with Crippen LogP contribution in [0, 0.1) is 0 Å². The highest BCUT2D eigenvalue weighted by atomic mass is 35.5. The molecule has 1 aliphatic heterocycles. The van der Waals surface area contributed by atoms with Gasteiger partial charge < -0.3 is 14.2 Å². The maximum atomic E-state index is 12.2. The molecule has 0 fully saturated rings. The van der Waals surface area contributed by atoms with Crippen molar-refractivity contribution >= 4 is 29.2 Å². The summed E-state index contributed by atoms with van der Waals surface area (Å²) < 4.78 is 15.8. The van der Waals surface area contributed by atoms with Crippen molar-refractivity contribution in [1.29, 1.82) is 0 Å². The first-order valence-corrected chi connectivity index (χ1v) is 6.96. The second-order valence-electron chi connectivity index (χ2n) is 4.70. The van der Waals surface area contributed by atoms with Crippen molar-refractivity contribution < 1.29 is 19.0 Å². The van der Waals surface area contributed by atoms with Gasteiger partial charge in [-0.25, -0.2) is 4.79 Å². The number of ether oxygens (including phenoxy) is 3. The monoisotopic (exact) mass is 316 g/mol. The highest BCUT2D eigenvalue weighted by molar-refractivity contribution is 6.30. The highest BCUT2D eigenvalue weighted by Crippen LogP contribution is 2.44. The summed E-state index contributed by atoms with van der Waals surface area (Å²) in [7, 11) is 3.08. The van der Waals surface area contributed by atoms with Crippen molar-refractivity contribution in [2.24, 2.45) is 0 Å². The molecule has 0 aromatic heterocycles. The van der Waals surface area contributed by atoms with E-state index in [1.165, 1.54) is 7.11 Å². The fraction of sp³-hybridized carbons (Fsp3) is 0.118. The molecule has 2 aromatic rings. The normalized spacial score (nSPS) is 14.7. The van der Waals surface area contributed by atoms with Crippen LogP contribution in [0.2, 0.25) is 5.02 Å². The Labute approximate surface area is 132 Å². The van der Waals surface area contributed by atoms with Crippen molar-refractivity contribution in [2.75, 3.05) is 14.2 Å². The van der Waals surface area contributed by atoms with Crippen molar-refractivity contribution in [2.45, 2.75) is 0 Å². The molecule has 0 atom stereocenters. The topological polar surface area (TPSA) is 44.8 Å². The average molecular weight is 317 g/mol. The zero-order chi connectivity index (χ0) is 15.7. The van der Waals surface area contributed by atoms with Gasteiger partial charge in [0.25, 0.3) is 0 Å². The molecule has 0 N–H and O–H groups in total. The van der Waals surface area contributed by atoms with Crippen LogP contribution in [-0.4, -0.2) is 20.2 Å². The van der Waals surface area contributed by atoms with Gasteiger partial charge in [-0.2, -0.15) is 0 Å². The zero-order valence-corrected chi connectivity index (χ0v) is 12.8. The first-order valence-electron chi connectivity index (χ1n) is 6.58. The number of halogens is 1. The molecule has 0 saturated carbocycles. The second kappa shape index (κ2) is 5.73. The van der Waals surface area contributed by atoms with Gasteiger partial charge in [0.1, 0.15) is 17.2 Å². The first-order chi connectivity index (χ1) is 10.6. The lowest BCUT2D eigenvalue weighted by molar-refractivity contribution is -0.126. The summed E-state index contributed by atoms with van der Waals surface area (Å²) in [5.41, 5.74) is 1.92. The SMILES string of the molecule is COc1cc(OC)c2c(c1)OC(=O)/C2=C/c1ccc(Cl)cc1. The molecule has 0 saturated heterocycles. The van der Waals surface area contributed by atoms with Gasteiger partial charge >= 0.3 is 5.97 Å².